The van der Waals surface area contributed by atoms with Gasteiger partial charge < -0.3 is 5.11 Å². The van der Waals surface area contributed by atoms with Crippen LogP contribution in [0.25, 0.3) is 0 Å². The van der Waals surface area contributed by atoms with E-state index in [4.69, 9.17) is 5.11 Å². The summed E-state index contributed by atoms with van der Waals surface area (Å²) < 4.78 is 27.9. The lowest BCUT2D eigenvalue weighted by atomic mass is 10.1. The summed E-state index contributed by atoms with van der Waals surface area (Å²) in [5.41, 5.74) is 0. The van der Waals surface area contributed by atoms with E-state index in [1.54, 1.807) is 6.92 Å². The summed E-state index contributed by atoms with van der Waals surface area (Å²) in [4.78, 5) is 10.6. The van der Waals surface area contributed by atoms with Crippen molar-refractivity contribution in [2.45, 2.75) is 39.0 Å². The lowest BCUT2D eigenvalue weighted by Crippen LogP contribution is -2.42. The molecule has 1 atom stereocenters. The van der Waals surface area contributed by atoms with Crippen LogP contribution in [-0.4, -0.2) is 43.4 Å². The molecule has 2 N–H and O–H groups in total. The third kappa shape index (κ3) is 4.91. The first-order chi connectivity index (χ1) is 8.43. The fourth-order valence-corrected chi connectivity index (χ4v) is 3.20. The highest BCUT2D eigenvalue weighted by atomic mass is 32.2. The number of nitrogens with one attached hydrogen (secondary N) is 1. The first-order valence-corrected chi connectivity index (χ1v) is 7.85. The van der Waals surface area contributed by atoms with E-state index < -0.39 is 22.1 Å². The molecule has 1 heterocycles. The maximum atomic E-state index is 12.0. The third-order valence-electron chi connectivity index (χ3n) is 3.19. The van der Waals surface area contributed by atoms with E-state index >= 15 is 0 Å². The summed E-state index contributed by atoms with van der Waals surface area (Å²) in [7, 11) is -3.44. The molecule has 18 heavy (non-hydrogen) atoms. The molecule has 1 saturated heterocycles. The molecule has 6 nitrogen and oxygen atoms in total. The Morgan fingerprint density at radius 2 is 1.83 bits per heavy atom. The minimum Gasteiger partial charge on any atom is -0.481 e. The zero-order valence-electron chi connectivity index (χ0n) is 10.8. The van der Waals surface area contributed by atoms with Crippen LogP contribution in [0.15, 0.2) is 0 Å². The largest absolute Gasteiger partial charge is 0.481 e. The van der Waals surface area contributed by atoms with Crippen LogP contribution in [0.4, 0.5) is 0 Å². The maximum absolute atomic E-state index is 12.0. The van der Waals surface area contributed by atoms with Gasteiger partial charge in [-0.25, -0.2) is 4.72 Å². The van der Waals surface area contributed by atoms with Crippen LogP contribution in [0.5, 0.6) is 0 Å². The Labute approximate surface area is 109 Å². The zero-order chi connectivity index (χ0) is 13.6. The minimum absolute atomic E-state index is 0.173. The standard InChI is InChI=1S/C11H22N2O4S/c1-10(11(14)15)6-7-12-18(16,17)13-8-4-2-3-5-9-13/h10,12H,2-9H2,1H3,(H,14,15). The fourth-order valence-electron chi connectivity index (χ4n) is 1.90. The fraction of sp³-hybridized carbons (Fsp3) is 0.909. The van der Waals surface area contributed by atoms with Crippen LogP contribution in [-0.2, 0) is 15.0 Å². The molecule has 1 fully saturated rings. The van der Waals surface area contributed by atoms with Crippen molar-refractivity contribution in [2.75, 3.05) is 19.6 Å². The average molecular weight is 278 g/mol. The van der Waals surface area contributed by atoms with E-state index in [9.17, 15) is 13.2 Å². The molecule has 7 heteroatoms. The lowest BCUT2D eigenvalue weighted by molar-refractivity contribution is -0.141. The van der Waals surface area contributed by atoms with Gasteiger partial charge in [-0.05, 0) is 19.3 Å². The van der Waals surface area contributed by atoms with E-state index in [0.29, 0.717) is 19.5 Å². The normalized spacial score (nSPS) is 20.3. The first kappa shape index (κ1) is 15.4. The predicted octanol–water partition coefficient (Wildman–Crippen LogP) is 0.808. The lowest BCUT2D eigenvalue weighted by Gasteiger charge is -2.20. The second-order valence-corrected chi connectivity index (χ2v) is 6.50. The van der Waals surface area contributed by atoms with Gasteiger partial charge in [-0.15, -0.1) is 0 Å². The SMILES string of the molecule is CC(CCNS(=O)(=O)N1CCCCCC1)C(=O)O. The Bertz CT molecular complexity index is 361. The number of rotatable bonds is 6. The summed E-state index contributed by atoms with van der Waals surface area (Å²) in [5.74, 6) is -1.43. The molecule has 1 unspecified atom stereocenters. The molecule has 0 aliphatic carbocycles. The maximum Gasteiger partial charge on any atom is 0.306 e. The monoisotopic (exact) mass is 278 g/mol. The molecule has 106 valence electrons. The number of carbonyl (C=O) groups is 1. The van der Waals surface area contributed by atoms with Gasteiger partial charge in [-0.2, -0.15) is 12.7 Å². The number of hydrogen-bond acceptors (Lipinski definition) is 3. The summed E-state index contributed by atoms with van der Waals surface area (Å²) in [6.45, 7) is 2.86. The highest BCUT2D eigenvalue weighted by Crippen LogP contribution is 2.12. The van der Waals surface area contributed by atoms with Gasteiger partial charge in [-0.3, -0.25) is 4.79 Å². The van der Waals surface area contributed by atoms with Crippen LogP contribution in [0, 0.1) is 5.92 Å². The average Bonchev–Trinajstić information content (AvgIpc) is 2.57. The Kier molecular flexibility index (Phi) is 6.04. The van der Waals surface area contributed by atoms with Crippen molar-refractivity contribution in [1.29, 1.82) is 0 Å². The molecule has 0 saturated carbocycles. The van der Waals surface area contributed by atoms with Crippen molar-refractivity contribution in [3.05, 3.63) is 0 Å². The Balaban J connectivity index is 2.41. The summed E-state index contributed by atoms with van der Waals surface area (Å²) in [6, 6.07) is 0. The summed E-state index contributed by atoms with van der Waals surface area (Å²) >= 11 is 0. The molecule has 1 rings (SSSR count). The zero-order valence-corrected chi connectivity index (χ0v) is 11.6. The van der Waals surface area contributed by atoms with Crippen LogP contribution < -0.4 is 4.72 Å². The predicted molar refractivity (Wildman–Crippen MR) is 68.4 cm³/mol. The van der Waals surface area contributed by atoms with Crippen LogP contribution in [0.3, 0.4) is 0 Å². The van der Waals surface area contributed by atoms with Gasteiger partial charge in [-0.1, -0.05) is 19.8 Å². The second-order valence-electron chi connectivity index (χ2n) is 4.74. The van der Waals surface area contributed by atoms with Crippen molar-refractivity contribution in [3.63, 3.8) is 0 Å². The quantitative estimate of drug-likeness (QED) is 0.752. The van der Waals surface area contributed by atoms with Crippen LogP contribution >= 0.6 is 0 Å². The number of carboxylic acid groups (broad SMARTS) is 1. The first-order valence-electron chi connectivity index (χ1n) is 6.41. The van der Waals surface area contributed by atoms with Crippen molar-refractivity contribution >= 4 is 16.2 Å². The van der Waals surface area contributed by atoms with E-state index in [1.165, 1.54) is 4.31 Å². The van der Waals surface area contributed by atoms with Crippen molar-refractivity contribution < 1.29 is 18.3 Å². The molecule has 0 spiro atoms. The Morgan fingerprint density at radius 3 is 2.33 bits per heavy atom. The van der Waals surface area contributed by atoms with Crippen molar-refractivity contribution in [2.24, 2.45) is 5.92 Å². The molecule has 0 aromatic rings. The highest BCUT2D eigenvalue weighted by Gasteiger charge is 2.22. The molecule has 0 aromatic carbocycles. The molecule has 0 aromatic heterocycles. The van der Waals surface area contributed by atoms with Crippen molar-refractivity contribution in [3.8, 4) is 0 Å². The van der Waals surface area contributed by atoms with Gasteiger partial charge in [0.1, 0.15) is 0 Å². The summed E-state index contributed by atoms with van der Waals surface area (Å²) in [6.07, 6.45) is 4.24. The van der Waals surface area contributed by atoms with E-state index in [-0.39, 0.29) is 6.54 Å². The van der Waals surface area contributed by atoms with E-state index in [2.05, 4.69) is 4.72 Å². The Morgan fingerprint density at radius 1 is 1.28 bits per heavy atom. The molecule has 0 radical (unpaired) electrons. The highest BCUT2D eigenvalue weighted by molar-refractivity contribution is 7.87. The van der Waals surface area contributed by atoms with Crippen molar-refractivity contribution in [1.82, 2.24) is 9.03 Å². The third-order valence-corrected chi connectivity index (χ3v) is 4.80. The number of hydrogen-bond donors (Lipinski definition) is 2. The van der Waals surface area contributed by atoms with Gasteiger partial charge in [0.05, 0.1) is 5.92 Å². The smallest absolute Gasteiger partial charge is 0.306 e. The molecule has 0 amide bonds. The Hall–Kier alpha value is -0.660. The van der Waals surface area contributed by atoms with Gasteiger partial charge >= 0.3 is 5.97 Å². The van der Waals surface area contributed by atoms with Gasteiger partial charge in [0, 0.05) is 19.6 Å². The minimum atomic E-state index is -3.44. The van der Waals surface area contributed by atoms with Crippen LogP contribution in [0.2, 0.25) is 0 Å². The van der Waals surface area contributed by atoms with E-state index in [0.717, 1.165) is 25.7 Å². The van der Waals surface area contributed by atoms with Crippen LogP contribution in [0.1, 0.15) is 39.0 Å². The van der Waals surface area contributed by atoms with Gasteiger partial charge in [0.25, 0.3) is 10.2 Å². The molecular formula is C11H22N2O4S. The molecule has 1 aliphatic rings. The molecule has 1 aliphatic heterocycles. The molecule has 0 bridgehead atoms. The van der Waals surface area contributed by atoms with E-state index in [1.807, 2.05) is 0 Å². The second kappa shape index (κ2) is 7.06. The summed E-state index contributed by atoms with van der Waals surface area (Å²) in [5, 5.41) is 8.71. The number of carboxylic acids is 1. The topological polar surface area (TPSA) is 86.7 Å². The van der Waals surface area contributed by atoms with Gasteiger partial charge in [0.15, 0.2) is 0 Å². The number of aliphatic carboxylic acids is 1. The van der Waals surface area contributed by atoms with Gasteiger partial charge in [0.2, 0.25) is 0 Å². The molecular weight excluding hydrogens is 256 g/mol. The number of nitrogens with zero attached hydrogens (tertiary/aromatic N) is 1.